The lowest BCUT2D eigenvalue weighted by atomic mass is 9.78. The number of carbonyl (C=O) groups is 1. The molecule has 0 aliphatic carbocycles. The van der Waals surface area contributed by atoms with Gasteiger partial charge in [0.15, 0.2) is 0 Å². The number of amides is 1. The van der Waals surface area contributed by atoms with Crippen LogP contribution in [0.1, 0.15) is 70.6 Å². The summed E-state index contributed by atoms with van der Waals surface area (Å²) in [4.78, 5) is 15.3. The summed E-state index contributed by atoms with van der Waals surface area (Å²) in [5.74, 6) is 0.710. The van der Waals surface area contributed by atoms with Crippen LogP contribution in [0, 0.1) is 18.3 Å². The van der Waals surface area contributed by atoms with Gasteiger partial charge in [-0.2, -0.15) is 5.26 Å². The number of hydrogen-bond acceptors (Lipinski definition) is 4. The van der Waals surface area contributed by atoms with Gasteiger partial charge >= 0.3 is 0 Å². The number of nitrogens with zero attached hydrogens (tertiary/aromatic N) is 2. The molecule has 5 nitrogen and oxygen atoms in total. The Bertz CT molecular complexity index is 1090. The highest BCUT2D eigenvalue weighted by Gasteiger charge is 2.37. The lowest BCUT2D eigenvalue weighted by Gasteiger charge is -2.50. The van der Waals surface area contributed by atoms with Crippen molar-refractivity contribution < 1.29 is 9.53 Å². The Morgan fingerprint density at radius 3 is 2.55 bits per heavy atom. The number of hydrogen-bond donors (Lipinski definition) is 1. The monoisotopic (exact) mass is 445 g/mol. The molecule has 2 aromatic carbocycles. The zero-order valence-electron chi connectivity index (χ0n) is 20.8. The molecule has 5 heteroatoms. The van der Waals surface area contributed by atoms with Crippen molar-refractivity contribution in [2.75, 3.05) is 16.8 Å². The second-order valence-electron chi connectivity index (χ2n) is 9.73. The molecule has 1 aliphatic heterocycles. The van der Waals surface area contributed by atoms with Gasteiger partial charge < -0.3 is 15.0 Å². The Morgan fingerprint density at radius 1 is 1.30 bits per heavy atom. The first kappa shape index (κ1) is 24.4. The van der Waals surface area contributed by atoms with Crippen LogP contribution >= 0.6 is 0 Å². The molecule has 1 N–H and O–H groups in total. The Labute approximate surface area is 198 Å². The third-order valence-electron chi connectivity index (χ3n) is 6.27. The Morgan fingerprint density at radius 2 is 1.97 bits per heavy atom. The van der Waals surface area contributed by atoms with Crippen molar-refractivity contribution in [3.63, 3.8) is 0 Å². The molecule has 1 amide bonds. The van der Waals surface area contributed by atoms with E-state index in [2.05, 4.69) is 63.0 Å². The van der Waals surface area contributed by atoms with Gasteiger partial charge in [-0.1, -0.05) is 6.92 Å². The van der Waals surface area contributed by atoms with Crippen molar-refractivity contribution in [1.29, 1.82) is 5.26 Å². The van der Waals surface area contributed by atoms with Gasteiger partial charge in [0.2, 0.25) is 0 Å². The van der Waals surface area contributed by atoms with E-state index in [1.54, 1.807) is 30.3 Å². The number of rotatable bonds is 6. The van der Waals surface area contributed by atoms with E-state index in [9.17, 15) is 10.1 Å². The lowest BCUT2D eigenvalue weighted by Crippen LogP contribution is -2.51. The third-order valence-corrected chi connectivity index (χ3v) is 6.27. The van der Waals surface area contributed by atoms with E-state index in [0.29, 0.717) is 24.3 Å². The van der Waals surface area contributed by atoms with Crippen LogP contribution in [0.4, 0.5) is 11.4 Å². The number of ether oxygens (including phenoxy) is 1. The quantitative estimate of drug-likeness (QED) is 0.410. The summed E-state index contributed by atoms with van der Waals surface area (Å²) < 4.78 is 5.44. The van der Waals surface area contributed by atoms with Crippen LogP contribution in [-0.4, -0.2) is 24.1 Å². The van der Waals surface area contributed by atoms with Crippen LogP contribution in [0.3, 0.4) is 0 Å². The first-order valence-electron chi connectivity index (χ1n) is 11.7. The standard InChI is InChI=1S/C28H35N3O2/c1-8-33-24-11-9-23(10-12-24)30-27(32)22(17-29)14-21-15-25-20(5)16-28(6,7)31(18(2)3)26(25)13-19(21)4/h9-15,18,20H,8,16H2,1-7H3,(H,30,32)/b22-14-. The number of benzene rings is 2. The Balaban J connectivity index is 1.92. The zero-order chi connectivity index (χ0) is 24.3. The van der Waals surface area contributed by atoms with Crippen LogP contribution in [0.2, 0.25) is 0 Å². The van der Waals surface area contributed by atoms with Crippen molar-refractivity contribution in [2.45, 2.75) is 72.4 Å². The van der Waals surface area contributed by atoms with Crippen molar-refractivity contribution in [3.05, 3.63) is 58.7 Å². The normalized spacial score (nSPS) is 17.4. The van der Waals surface area contributed by atoms with E-state index in [-0.39, 0.29) is 11.1 Å². The van der Waals surface area contributed by atoms with Crippen LogP contribution in [-0.2, 0) is 4.79 Å². The molecule has 1 aliphatic rings. The number of nitrogens with one attached hydrogen (secondary N) is 1. The molecular formula is C28H35N3O2. The van der Waals surface area contributed by atoms with Gasteiger partial charge in [-0.25, -0.2) is 0 Å². The second kappa shape index (κ2) is 9.70. The van der Waals surface area contributed by atoms with Gasteiger partial charge in [-0.15, -0.1) is 0 Å². The maximum absolute atomic E-state index is 12.8. The lowest BCUT2D eigenvalue weighted by molar-refractivity contribution is -0.112. The van der Waals surface area contributed by atoms with E-state index in [4.69, 9.17) is 4.74 Å². The molecule has 174 valence electrons. The minimum atomic E-state index is -0.420. The van der Waals surface area contributed by atoms with Gasteiger partial charge in [0.05, 0.1) is 6.61 Å². The van der Waals surface area contributed by atoms with E-state index >= 15 is 0 Å². The molecule has 1 unspecified atom stereocenters. The first-order valence-corrected chi connectivity index (χ1v) is 11.7. The Hall–Kier alpha value is -3.26. The molecule has 0 saturated heterocycles. The number of carbonyl (C=O) groups excluding carboxylic acids is 1. The number of anilines is 2. The molecule has 0 spiro atoms. The first-order chi connectivity index (χ1) is 15.6. The summed E-state index contributed by atoms with van der Waals surface area (Å²) >= 11 is 0. The van der Waals surface area contributed by atoms with Crippen LogP contribution in [0.5, 0.6) is 5.75 Å². The van der Waals surface area contributed by atoms with E-state index < -0.39 is 5.91 Å². The molecule has 1 atom stereocenters. The number of aryl methyl sites for hydroxylation is 1. The molecule has 0 fully saturated rings. The smallest absolute Gasteiger partial charge is 0.266 e. The summed E-state index contributed by atoms with van der Waals surface area (Å²) in [6.45, 7) is 15.8. The van der Waals surface area contributed by atoms with E-state index in [1.165, 1.54) is 11.3 Å². The molecule has 3 rings (SSSR count). The van der Waals surface area contributed by atoms with Gasteiger partial charge in [0.1, 0.15) is 17.4 Å². The van der Waals surface area contributed by atoms with Gasteiger partial charge in [-0.05, 0) is 113 Å². The molecule has 1 heterocycles. The van der Waals surface area contributed by atoms with Crippen molar-refractivity contribution in [2.24, 2.45) is 0 Å². The molecule has 0 saturated carbocycles. The van der Waals surface area contributed by atoms with Gasteiger partial charge in [0.25, 0.3) is 5.91 Å². The maximum Gasteiger partial charge on any atom is 0.266 e. The van der Waals surface area contributed by atoms with Crippen molar-refractivity contribution in [1.82, 2.24) is 0 Å². The number of nitriles is 1. The fourth-order valence-corrected chi connectivity index (χ4v) is 5.05. The van der Waals surface area contributed by atoms with Crippen molar-refractivity contribution >= 4 is 23.4 Å². The average Bonchev–Trinajstić information content (AvgIpc) is 2.73. The predicted molar refractivity (Wildman–Crippen MR) is 136 cm³/mol. The van der Waals surface area contributed by atoms with Crippen LogP contribution in [0.15, 0.2) is 42.0 Å². The zero-order valence-corrected chi connectivity index (χ0v) is 20.8. The van der Waals surface area contributed by atoms with Crippen LogP contribution in [0.25, 0.3) is 6.08 Å². The molecule has 0 radical (unpaired) electrons. The largest absolute Gasteiger partial charge is 0.494 e. The van der Waals surface area contributed by atoms with E-state index in [0.717, 1.165) is 23.3 Å². The highest BCUT2D eigenvalue weighted by molar-refractivity contribution is 6.09. The van der Waals surface area contributed by atoms with Crippen molar-refractivity contribution in [3.8, 4) is 11.8 Å². The molecular weight excluding hydrogens is 410 g/mol. The molecule has 2 aromatic rings. The van der Waals surface area contributed by atoms with E-state index in [1.807, 2.05) is 13.8 Å². The second-order valence-corrected chi connectivity index (χ2v) is 9.73. The van der Waals surface area contributed by atoms with Gasteiger partial charge in [-0.3, -0.25) is 4.79 Å². The predicted octanol–water partition coefficient (Wildman–Crippen LogP) is 6.44. The highest BCUT2D eigenvalue weighted by atomic mass is 16.5. The number of fused-ring (bicyclic) bond motifs is 1. The summed E-state index contributed by atoms with van der Waals surface area (Å²) in [5.41, 5.74) is 5.24. The minimum absolute atomic E-state index is 0.0692. The fraction of sp³-hybridized carbons (Fsp3) is 0.429. The highest BCUT2D eigenvalue weighted by Crippen LogP contribution is 2.45. The topological polar surface area (TPSA) is 65.4 Å². The third kappa shape index (κ3) is 5.22. The summed E-state index contributed by atoms with van der Waals surface area (Å²) in [7, 11) is 0. The SMILES string of the molecule is CCOc1ccc(NC(=O)/C(C#N)=C\c2cc3c(cc2C)N(C(C)C)C(C)(C)CC3C)cc1. The average molecular weight is 446 g/mol. The minimum Gasteiger partial charge on any atom is -0.494 e. The van der Waals surface area contributed by atoms with Gasteiger partial charge in [0, 0.05) is 23.0 Å². The molecule has 0 aromatic heterocycles. The summed E-state index contributed by atoms with van der Waals surface area (Å²) in [6.07, 6.45) is 2.75. The fourth-order valence-electron chi connectivity index (χ4n) is 5.05. The summed E-state index contributed by atoms with van der Waals surface area (Å²) in [5, 5.41) is 12.5. The summed E-state index contributed by atoms with van der Waals surface area (Å²) in [6, 6.07) is 13.9. The Kier molecular flexibility index (Phi) is 7.17. The maximum atomic E-state index is 12.8. The molecule has 0 bridgehead atoms. The van der Waals surface area contributed by atoms with Crippen LogP contribution < -0.4 is 15.0 Å². The molecule has 33 heavy (non-hydrogen) atoms.